The maximum Gasteiger partial charge on any atom is 0.264 e. The van der Waals surface area contributed by atoms with E-state index in [0.29, 0.717) is 42.8 Å². The zero-order valence-electron chi connectivity index (χ0n) is 23.6. The highest BCUT2D eigenvalue weighted by atomic mass is 16.5. The smallest absolute Gasteiger partial charge is 0.264 e. The maximum atomic E-state index is 13.9. The van der Waals surface area contributed by atoms with Crippen molar-refractivity contribution >= 4 is 23.2 Å². The van der Waals surface area contributed by atoms with E-state index >= 15 is 0 Å². The van der Waals surface area contributed by atoms with Crippen molar-refractivity contribution in [1.29, 1.82) is 0 Å². The van der Waals surface area contributed by atoms with Gasteiger partial charge in [-0.3, -0.25) is 14.3 Å². The summed E-state index contributed by atoms with van der Waals surface area (Å²) in [5, 5.41) is 29.1. The third-order valence-electron chi connectivity index (χ3n) is 7.95. The normalized spacial score (nSPS) is 19.7. The number of carbonyl (C=O) groups is 2. The third-order valence-corrected chi connectivity index (χ3v) is 7.95. The van der Waals surface area contributed by atoms with Gasteiger partial charge in [0, 0.05) is 55.9 Å². The monoisotopic (exact) mass is 559 g/mol. The van der Waals surface area contributed by atoms with Gasteiger partial charge in [0.05, 0.1) is 25.0 Å². The van der Waals surface area contributed by atoms with Gasteiger partial charge in [0.1, 0.15) is 5.75 Å². The number of carbonyl (C=O) groups excluding carboxylic acids is 2. The maximum absolute atomic E-state index is 13.9. The van der Waals surface area contributed by atoms with Crippen LogP contribution in [0.3, 0.4) is 0 Å². The van der Waals surface area contributed by atoms with Gasteiger partial charge in [0.2, 0.25) is 5.91 Å². The highest BCUT2D eigenvalue weighted by Gasteiger charge is 2.52. The van der Waals surface area contributed by atoms with Gasteiger partial charge in [0.25, 0.3) is 5.91 Å². The first-order chi connectivity index (χ1) is 19.8. The number of nitrogens with zero attached hydrogens (tertiary/aromatic N) is 5. The summed E-state index contributed by atoms with van der Waals surface area (Å²) in [7, 11) is 1.56. The second-order valence-electron chi connectivity index (χ2n) is 10.7. The molecule has 1 saturated heterocycles. The van der Waals surface area contributed by atoms with Crippen molar-refractivity contribution in [3.8, 4) is 5.75 Å². The minimum atomic E-state index is -1.76. The number of hydrogen-bond donors (Lipinski definition) is 2. The van der Waals surface area contributed by atoms with Crippen molar-refractivity contribution in [3.05, 3.63) is 77.6 Å². The number of methoxy groups -OCH3 is 1. The van der Waals surface area contributed by atoms with Crippen LogP contribution < -0.4 is 14.5 Å². The van der Waals surface area contributed by atoms with Gasteiger partial charge in [-0.2, -0.15) is 0 Å². The Morgan fingerprint density at radius 1 is 1.15 bits per heavy atom. The Morgan fingerprint density at radius 3 is 2.68 bits per heavy atom. The van der Waals surface area contributed by atoms with Crippen LogP contribution in [-0.2, 0) is 34.7 Å². The standard InChI is InChI=1S/C31H37N5O5/c1-22(7-3-5-16-34-21-24(15-18-37)32-33-34)31(40)27-19-26(41-2)13-14-28(27)36(30(31)39)20-23-9-11-25(12-10-23)35-17-6-4-8-29(35)38/h3,7,9-14,19,21-22,37,40H,4-6,8,15-18,20H2,1-2H3/b7-3+/t22-,31+/m1/s1. The molecule has 2 N–H and O–H groups in total. The lowest BCUT2D eigenvalue weighted by Crippen LogP contribution is -2.44. The summed E-state index contributed by atoms with van der Waals surface area (Å²) in [4.78, 5) is 29.7. The molecule has 2 amide bonds. The first kappa shape index (κ1) is 28.5. The summed E-state index contributed by atoms with van der Waals surface area (Å²) >= 11 is 0. The molecule has 2 aromatic carbocycles. The van der Waals surface area contributed by atoms with Crippen LogP contribution in [0.25, 0.3) is 0 Å². The van der Waals surface area contributed by atoms with Gasteiger partial charge < -0.3 is 24.7 Å². The summed E-state index contributed by atoms with van der Waals surface area (Å²) in [6, 6.07) is 13.1. The molecular formula is C31H37N5O5. The van der Waals surface area contributed by atoms with E-state index in [2.05, 4.69) is 10.3 Å². The number of benzene rings is 2. The first-order valence-corrected chi connectivity index (χ1v) is 14.1. The van der Waals surface area contributed by atoms with Crippen LogP contribution in [0.4, 0.5) is 11.4 Å². The molecule has 2 atom stereocenters. The van der Waals surface area contributed by atoms with Gasteiger partial charge in [-0.15, -0.1) is 5.10 Å². The van der Waals surface area contributed by atoms with Crippen LogP contribution in [0.5, 0.6) is 5.75 Å². The van der Waals surface area contributed by atoms with E-state index in [1.54, 1.807) is 35.0 Å². The highest BCUT2D eigenvalue weighted by Crippen LogP contribution is 2.47. The van der Waals surface area contributed by atoms with Gasteiger partial charge in [-0.05, 0) is 55.2 Å². The van der Waals surface area contributed by atoms with Crippen LogP contribution in [0.2, 0.25) is 0 Å². The zero-order valence-corrected chi connectivity index (χ0v) is 23.6. The average Bonchev–Trinajstić information content (AvgIpc) is 3.52. The number of hydrogen-bond acceptors (Lipinski definition) is 7. The molecule has 0 spiro atoms. The third kappa shape index (κ3) is 5.75. The quantitative estimate of drug-likeness (QED) is 0.346. The zero-order chi connectivity index (χ0) is 29.0. The molecule has 0 bridgehead atoms. The van der Waals surface area contributed by atoms with Crippen molar-refractivity contribution in [3.63, 3.8) is 0 Å². The van der Waals surface area contributed by atoms with E-state index in [9.17, 15) is 14.7 Å². The molecule has 1 fully saturated rings. The average molecular weight is 560 g/mol. The molecule has 10 heteroatoms. The Bertz CT molecular complexity index is 1420. The van der Waals surface area contributed by atoms with Crippen molar-refractivity contribution in [1.82, 2.24) is 15.0 Å². The molecule has 0 saturated carbocycles. The number of aromatic nitrogens is 3. The van der Waals surface area contributed by atoms with E-state index in [-0.39, 0.29) is 19.1 Å². The molecule has 41 heavy (non-hydrogen) atoms. The Labute approximate surface area is 239 Å². The number of amides is 2. The summed E-state index contributed by atoms with van der Waals surface area (Å²) in [5.74, 6) is -0.202. The fourth-order valence-corrected chi connectivity index (χ4v) is 5.58. The molecular weight excluding hydrogens is 522 g/mol. The van der Waals surface area contributed by atoms with Crippen LogP contribution in [0, 0.1) is 5.92 Å². The second-order valence-corrected chi connectivity index (χ2v) is 10.7. The van der Waals surface area contributed by atoms with Gasteiger partial charge in [-0.1, -0.05) is 36.4 Å². The minimum absolute atomic E-state index is 0.0247. The Hall–Kier alpha value is -4.02. The molecule has 3 heterocycles. The fourth-order valence-electron chi connectivity index (χ4n) is 5.58. The van der Waals surface area contributed by atoms with Crippen LogP contribution in [0.15, 0.2) is 60.8 Å². The topological polar surface area (TPSA) is 121 Å². The molecule has 1 aromatic heterocycles. The van der Waals surface area contributed by atoms with E-state index in [1.807, 2.05) is 54.3 Å². The number of aryl methyl sites for hydroxylation is 1. The minimum Gasteiger partial charge on any atom is -0.497 e. The number of anilines is 2. The number of fused-ring (bicyclic) bond motifs is 1. The molecule has 5 rings (SSSR count). The van der Waals surface area contributed by atoms with Crippen molar-refractivity contribution in [2.45, 2.75) is 57.7 Å². The number of ether oxygens (including phenoxy) is 1. The number of allylic oxidation sites excluding steroid dienone is 1. The van der Waals surface area contributed by atoms with Crippen molar-refractivity contribution < 1.29 is 24.5 Å². The van der Waals surface area contributed by atoms with E-state index in [4.69, 9.17) is 9.84 Å². The lowest BCUT2D eigenvalue weighted by Gasteiger charge is -2.28. The Kier molecular flexibility index (Phi) is 8.51. The summed E-state index contributed by atoms with van der Waals surface area (Å²) in [6.45, 7) is 3.45. The summed E-state index contributed by atoms with van der Waals surface area (Å²) < 4.78 is 7.14. The Morgan fingerprint density at radius 2 is 1.95 bits per heavy atom. The number of rotatable bonds is 11. The van der Waals surface area contributed by atoms with Crippen molar-refractivity contribution in [2.24, 2.45) is 5.92 Å². The molecule has 2 aliphatic heterocycles. The van der Waals surface area contributed by atoms with Crippen LogP contribution in [-0.4, -0.2) is 57.3 Å². The SMILES string of the molecule is COc1ccc2c(c1)[C@@](O)([C@H](C)/C=C/CCn1cc(CCO)nn1)C(=O)N2Cc1ccc(N2CCCCC2=O)cc1. The highest BCUT2D eigenvalue weighted by molar-refractivity contribution is 6.07. The fraction of sp³-hybridized carbons (Fsp3) is 0.419. The van der Waals surface area contributed by atoms with Crippen LogP contribution >= 0.6 is 0 Å². The second kappa shape index (κ2) is 12.2. The van der Waals surface area contributed by atoms with E-state index in [0.717, 1.165) is 36.3 Å². The van der Waals surface area contributed by atoms with Gasteiger partial charge in [0.15, 0.2) is 5.60 Å². The molecule has 0 aliphatic carbocycles. The van der Waals surface area contributed by atoms with Crippen molar-refractivity contribution in [2.75, 3.05) is 30.1 Å². The van der Waals surface area contributed by atoms with Gasteiger partial charge in [-0.25, -0.2) is 0 Å². The molecule has 0 radical (unpaired) electrons. The number of aliphatic hydroxyl groups excluding tert-OH is 1. The largest absolute Gasteiger partial charge is 0.497 e. The van der Waals surface area contributed by atoms with Gasteiger partial charge >= 0.3 is 0 Å². The molecule has 216 valence electrons. The predicted molar refractivity (Wildman–Crippen MR) is 154 cm³/mol. The number of piperidine rings is 1. The summed E-state index contributed by atoms with van der Waals surface area (Å²) in [6.07, 6.45) is 9.20. The van der Waals surface area contributed by atoms with E-state index in [1.165, 1.54) is 0 Å². The molecule has 10 nitrogen and oxygen atoms in total. The lowest BCUT2D eigenvalue weighted by molar-refractivity contribution is -0.139. The summed E-state index contributed by atoms with van der Waals surface area (Å²) in [5.41, 5.74) is 1.89. The molecule has 2 aliphatic rings. The molecule has 3 aromatic rings. The lowest BCUT2D eigenvalue weighted by atomic mass is 9.83. The molecule has 0 unspecified atom stereocenters. The first-order valence-electron chi connectivity index (χ1n) is 14.1. The van der Waals surface area contributed by atoms with Crippen LogP contribution in [0.1, 0.15) is 49.4 Å². The number of aliphatic hydroxyl groups is 2. The Balaban J connectivity index is 1.33. The predicted octanol–water partition coefficient (Wildman–Crippen LogP) is 3.36. The van der Waals surface area contributed by atoms with E-state index < -0.39 is 17.4 Å².